The molecule has 0 spiro atoms. The summed E-state index contributed by atoms with van der Waals surface area (Å²) in [4.78, 5) is 30.1. The fourth-order valence-corrected chi connectivity index (χ4v) is 3.66. The summed E-state index contributed by atoms with van der Waals surface area (Å²) in [5, 5.41) is 2.88. The van der Waals surface area contributed by atoms with E-state index in [1.807, 2.05) is 66.9 Å². The Morgan fingerprint density at radius 3 is 2.25 bits per heavy atom. The molecule has 4 rings (SSSR count). The van der Waals surface area contributed by atoms with Crippen molar-refractivity contribution in [3.05, 3.63) is 59.0 Å². The SMILES string of the molecule is CCCn1c(=O)n(CC(=O)Nc2nc3ccccc3n2CC)c2ccccc21. The number of hydrogen-bond donors (Lipinski definition) is 1. The van der Waals surface area contributed by atoms with Gasteiger partial charge < -0.3 is 4.57 Å². The first-order chi connectivity index (χ1) is 13.6. The number of aromatic nitrogens is 4. The van der Waals surface area contributed by atoms with Crippen molar-refractivity contribution >= 4 is 33.9 Å². The van der Waals surface area contributed by atoms with Gasteiger partial charge in [-0.05, 0) is 37.6 Å². The molecule has 28 heavy (non-hydrogen) atoms. The summed E-state index contributed by atoms with van der Waals surface area (Å²) in [6.07, 6.45) is 0.848. The highest BCUT2D eigenvalue weighted by molar-refractivity contribution is 5.92. The number of carbonyl (C=O) groups excluding carboxylic acids is 1. The average molecular weight is 377 g/mol. The van der Waals surface area contributed by atoms with Gasteiger partial charge in [0.2, 0.25) is 11.9 Å². The zero-order valence-electron chi connectivity index (χ0n) is 16.1. The smallest absolute Gasteiger partial charge is 0.310 e. The van der Waals surface area contributed by atoms with E-state index in [0.717, 1.165) is 28.5 Å². The summed E-state index contributed by atoms with van der Waals surface area (Å²) in [5.74, 6) is 0.227. The van der Waals surface area contributed by atoms with Gasteiger partial charge in [0, 0.05) is 13.1 Å². The van der Waals surface area contributed by atoms with Gasteiger partial charge in [-0.25, -0.2) is 9.78 Å². The molecule has 0 aliphatic carbocycles. The molecule has 1 N–H and O–H groups in total. The molecule has 0 aliphatic heterocycles. The predicted octanol–water partition coefficient (Wildman–Crippen LogP) is 3.22. The first-order valence-corrected chi connectivity index (χ1v) is 9.57. The Kier molecular flexibility index (Phi) is 4.73. The Balaban J connectivity index is 1.67. The van der Waals surface area contributed by atoms with Crippen LogP contribution in [0.15, 0.2) is 53.3 Å². The molecule has 0 saturated heterocycles. The number of imidazole rings is 2. The molecule has 2 heterocycles. The minimum atomic E-state index is -0.272. The van der Waals surface area contributed by atoms with Crippen LogP contribution in [0.25, 0.3) is 22.1 Å². The topological polar surface area (TPSA) is 73.8 Å². The summed E-state index contributed by atoms with van der Waals surface area (Å²) in [5.41, 5.74) is 3.25. The lowest BCUT2D eigenvalue weighted by Crippen LogP contribution is -2.30. The first kappa shape index (κ1) is 18.0. The molecule has 1 amide bonds. The highest BCUT2D eigenvalue weighted by Gasteiger charge is 2.17. The molecule has 0 aliphatic rings. The van der Waals surface area contributed by atoms with E-state index < -0.39 is 0 Å². The number of amides is 1. The van der Waals surface area contributed by atoms with Crippen LogP contribution in [0.4, 0.5) is 5.95 Å². The molecular formula is C21H23N5O2. The van der Waals surface area contributed by atoms with Crippen LogP contribution in [0.2, 0.25) is 0 Å². The van der Waals surface area contributed by atoms with Crippen molar-refractivity contribution in [3.63, 3.8) is 0 Å². The maximum atomic E-state index is 12.9. The van der Waals surface area contributed by atoms with Crippen LogP contribution in [0, 0.1) is 0 Å². The monoisotopic (exact) mass is 377 g/mol. The van der Waals surface area contributed by atoms with Crippen LogP contribution in [-0.4, -0.2) is 24.6 Å². The number of aryl methyl sites for hydroxylation is 2. The Labute approximate surface area is 162 Å². The number of nitrogens with one attached hydrogen (secondary N) is 1. The number of hydrogen-bond acceptors (Lipinski definition) is 3. The van der Waals surface area contributed by atoms with Gasteiger partial charge >= 0.3 is 5.69 Å². The molecule has 0 bridgehead atoms. The van der Waals surface area contributed by atoms with Crippen molar-refractivity contribution in [1.82, 2.24) is 18.7 Å². The Morgan fingerprint density at radius 1 is 0.929 bits per heavy atom. The molecule has 2 aromatic carbocycles. The number of anilines is 1. The lowest BCUT2D eigenvalue weighted by molar-refractivity contribution is -0.116. The number of rotatable bonds is 6. The van der Waals surface area contributed by atoms with E-state index in [-0.39, 0.29) is 18.1 Å². The van der Waals surface area contributed by atoms with Crippen molar-refractivity contribution in [2.75, 3.05) is 5.32 Å². The van der Waals surface area contributed by atoms with E-state index >= 15 is 0 Å². The quantitative estimate of drug-likeness (QED) is 0.561. The van der Waals surface area contributed by atoms with Crippen LogP contribution in [0.5, 0.6) is 0 Å². The average Bonchev–Trinajstić information content (AvgIpc) is 3.18. The summed E-state index contributed by atoms with van der Waals surface area (Å²) in [6, 6.07) is 15.3. The van der Waals surface area contributed by atoms with E-state index in [2.05, 4.69) is 10.3 Å². The van der Waals surface area contributed by atoms with E-state index in [1.165, 1.54) is 4.57 Å². The number of benzene rings is 2. The Hall–Kier alpha value is -3.35. The fraction of sp³-hybridized carbons (Fsp3) is 0.286. The third-order valence-electron chi connectivity index (χ3n) is 4.90. The molecule has 144 valence electrons. The molecule has 2 aromatic heterocycles. The van der Waals surface area contributed by atoms with Gasteiger partial charge in [0.25, 0.3) is 0 Å². The Bertz CT molecular complexity index is 1210. The molecule has 4 aromatic rings. The molecule has 7 heteroatoms. The zero-order valence-corrected chi connectivity index (χ0v) is 16.1. The van der Waals surface area contributed by atoms with Gasteiger partial charge in [-0.2, -0.15) is 0 Å². The second-order valence-electron chi connectivity index (χ2n) is 6.73. The summed E-state index contributed by atoms with van der Waals surface area (Å²) in [6.45, 7) is 5.29. The summed E-state index contributed by atoms with van der Waals surface area (Å²) in [7, 11) is 0. The second-order valence-corrected chi connectivity index (χ2v) is 6.73. The summed E-state index contributed by atoms with van der Waals surface area (Å²) >= 11 is 0. The molecule has 0 unspecified atom stereocenters. The van der Waals surface area contributed by atoms with Crippen LogP contribution in [0.1, 0.15) is 20.3 Å². The van der Waals surface area contributed by atoms with Crippen molar-refractivity contribution in [2.24, 2.45) is 0 Å². The van der Waals surface area contributed by atoms with Gasteiger partial charge in [0.1, 0.15) is 6.54 Å². The third kappa shape index (κ3) is 2.98. The standard InChI is InChI=1S/C21H23N5O2/c1-3-13-25-17-11-7-8-12-18(17)26(21(25)28)14-19(27)23-20-22-15-9-5-6-10-16(15)24(20)4-2/h5-12H,3-4,13-14H2,1-2H3,(H,22,23,27). The van der Waals surface area contributed by atoms with E-state index in [4.69, 9.17) is 0 Å². The fourth-order valence-electron chi connectivity index (χ4n) is 3.66. The molecular weight excluding hydrogens is 354 g/mol. The first-order valence-electron chi connectivity index (χ1n) is 9.57. The van der Waals surface area contributed by atoms with Crippen molar-refractivity contribution in [2.45, 2.75) is 39.9 Å². The number of carbonyl (C=O) groups is 1. The minimum Gasteiger partial charge on any atom is -0.310 e. The molecule has 0 saturated carbocycles. The van der Waals surface area contributed by atoms with Gasteiger partial charge in [-0.15, -0.1) is 0 Å². The predicted molar refractivity (Wildman–Crippen MR) is 111 cm³/mol. The lowest BCUT2D eigenvalue weighted by Gasteiger charge is -2.08. The van der Waals surface area contributed by atoms with Crippen molar-refractivity contribution in [1.29, 1.82) is 0 Å². The maximum absolute atomic E-state index is 12.9. The van der Waals surface area contributed by atoms with Crippen molar-refractivity contribution < 1.29 is 4.79 Å². The number of nitrogens with zero attached hydrogens (tertiary/aromatic N) is 4. The number of para-hydroxylation sites is 4. The van der Waals surface area contributed by atoms with Crippen molar-refractivity contribution in [3.8, 4) is 0 Å². The minimum absolute atomic E-state index is 0.0526. The van der Waals surface area contributed by atoms with Crippen LogP contribution in [0.3, 0.4) is 0 Å². The molecule has 0 fully saturated rings. The molecule has 0 radical (unpaired) electrons. The molecule has 7 nitrogen and oxygen atoms in total. The Morgan fingerprint density at radius 2 is 1.57 bits per heavy atom. The summed E-state index contributed by atoms with van der Waals surface area (Å²) < 4.78 is 5.21. The highest BCUT2D eigenvalue weighted by atomic mass is 16.2. The van der Waals surface area contributed by atoms with E-state index in [1.54, 1.807) is 4.57 Å². The largest absolute Gasteiger partial charge is 0.329 e. The van der Waals surface area contributed by atoms with Crippen LogP contribution >= 0.6 is 0 Å². The highest BCUT2D eigenvalue weighted by Crippen LogP contribution is 2.19. The second kappa shape index (κ2) is 7.34. The normalized spacial score (nSPS) is 11.4. The number of fused-ring (bicyclic) bond motifs is 2. The van der Waals surface area contributed by atoms with Crippen LogP contribution in [-0.2, 0) is 24.4 Å². The van der Waals surface area contributed by atoms with E-state index in [9.17, 15) is 9.59 Å². The van der Waals surface area contributed by atoms with Crippen LogP contribution < -0.4 is 11.0 Å². The van der Waals surface area contributed by atoms with Gasteiger partial charge in [-0.3, -0.25) is 19.2 Å². The van der Waals surface area contributed by atoms with Gasteiger partial charge in [-0.1, -0.05) is 31.2 Å². The van der Waals surface area contributed by atoms with E-state index in [0.29, 0.717) is 19.0 Å². The van der Waals surface area contributed by atoms with Gasteiger partial charge in [0.15, 0.2) is 0 Å². The molecule has 0 atom stereocenters. The third-order valence-corrected chi connectivity index (χ3v) is 4.90. The maximum Gasteiger partial charge on any atom is 0.329 e. The lowest BCUT2D eigenvalue weighted by atomic mass is 10.3. The van der Waals surface area contributed by atoms with Gasteiger partial charge in [0.05, 0.1) is 22.1 Å². The zero-order chi connectivity index (χ0) is 19.7.